The number of pyridine rings is 1. The highest BCUT2D eigenvalue weighted by Crippen LogP contribution is 2.20. The summed E-state index contributed by atoms with van der Waals surface area (Å²) in [5.41, 5.74) is 10.8. The fourth-order valence-electron chi connectivity index (χ4n) is 1.15. The largest absolute Gasteiger partial charge is 0.378 e. The SMILES string of the molecule is CC(N)CCNc1ccc([N+](=O)[O-])c(N)n1. The van der Waals surface area contributed by atoms with Gasteiger partial charge in [-0.05, 0) is 19.4 Å². The molecular weight excluding hydrogens is 210 g/mol. The van der Waals surface area contributed by atoms with Crippen LogP contribution < -0.4 is 16.8 Å². The molecule has 0 fully saturated rings. The number of hydrogen-bond donors (Lipinski definition) is 3. The predicted molar refractivity (Wildman–Crippen MR) is 62.1 cm³/mol. The Morgan fingerprint density at radius 1 is 1.62 bits per heavy atom. The molecule has 0 aliphatic rings. The van der Waals surface area contributed by atoms with Crippen molar-refractivity contribution in [3.8, 4) is 0 Å². The molecule has 0 aromatic carbocycles. The third kappa shape index (κ3) is 3.35. The van der Waals surface area contributed by atoms with Gasteiger partial charge in [0.05, 0.1) is 4.92 Å². The van der Waals surface area contributed by atoms with E-state index in [0.717, 1.165) is 6.42 Å². The van der Waals surface area contributed by atoms with Crippen molar-refractivity contribution in [1.29, 1.82) is 0 Å². The van der Waals surface area contributed by atoms with Crippen molar-refractivity contribution in [2.24, 2.45) is 5.73 Å². The van der Waals surface area contributed by atoms with E-state index in [4.69, 9.17) is 11.5 Å². The number of hydrogen-bond acceptors (Lipinski definition) is 6. The first-order valence-electron chi connectivity index (χ1n) is 4.91. The lowest BCUT2D eigenvalue weighted by atomic mass is 10.2. The van der Waals surface area contributed by atoms with Crippen LogP contribution in [0.5, 0.6) is 0 Å². The Balaban J connectivity index is 2.63. The van der Waals surface area contributed by atoms with Crippen molar-refractivity contribution in [3.05, 3.63) is 22.2 Å². The Morgan fingerprint density at radius 3 is 2.81 bits per heavy atom. The van der Waals surface area contributed by atoms with Crippen LogP contribution in [0.4, 0.5) is 17.3 Å². The third-order valence-corrected chi connectivity index (χ3v) is 2.00. The van der Waals surface area contributed by atoms with Crippen LogP contribution in [0.15, 0.2) is 12.1 Å². The van der Waals surface area contributed by atoms with E-state index in [0.29, 0.717) is 12.4 Å². The first kappa shape index (κ1) is 12.2. The molecule has 0 radical (unpaired) electrons. The summed E-state index contributed by atoms with van der Waals surface area (Å²) in [5, 5.41) is 13.5. The number of aromatic nitrogens is 1. The molecule has 0 bridgehead atoms. The predicted octanol–water partition coefficient (Wildman–Crippen LogP) is 0.721. The highest BCUT2D eigenvalue weighted by Gasteiger charge is 2.12. The van der Waals surface area contributed by atoms with E-state index < -0.39 is 4.92 Å². The van der Waals surface area contributed by atoms with Gasteiger partial charge in [-0.15, -0.1) is 0 Å². The molecule has 0 saturated heterocycles. The molecule has 7 heteroatoms. The van der Waals surface area contributed by atoms with E-state index in [1.807, 2.05) is 6.92 Å². The van der Waals surface area contributed by atoms with Crippen LogP contribution in [0.25, 0.3) is 0 Å². The third-order valence-electron chi connectivity index (χ3n) is 2.00. The maximum Gasteiger partial charge on any atom is 0.311 e. The molecule has 0 amide bonds. The summed E-state index contributed by atoms with van der Waals surface area (Å²) < 4.78 is 0. The molecule has 0 saturated carbocycles. The second-order valence-corrected chi connectivity index (χ2v) is 3.55. The molecule has 0 spiro atoms. The molecule has 1 aromatic rings. The van der Waals surface area contributed by atoms with Gasteiger partial charge in [0.2, 0.25) is 5.82 Å². The number of nitrogens with zero attached hydrogens (tertiary/aromatic N) is 2. The van der Waals surface area contributed by atoms with Crippen molar-refractivity contribution in [2.45, 2.75) is 19.4 Å². The van der Waals surface area contributed by atoms with Gasteiger partial charge < -0.3 is 16.8 Å². The summed E-state index contributed by atoms with van der Waals surface area (Å²) in [5.74, 6) is 0.430. The molecular formula is C9H15N5O2. The van der Waals surface area contributed by atoms with Gasteiger partial charge in [-0.3, -0.25) is 10.1 Å². The summed E-state index contributed by atoms with van der Waals surface area (Å²) in [7, 11) is 0. The van der Waals surface area contributed by atoms with Gasteiger partial charge >= 0.3 is 5.69 Å². The van der Waals surface area contributed by atoms with Gasteiger partial charge in [0.1, 0.15) is 5.82 Å². The number of nitrogen functional groups attached to an aromatic ring is 1. The van der Waals surface area contributed by atoms with Crippen molar-refractivity contribution >= 4 is 17.3 Å². The van der Waals surface area contributed by atoms with Gasteiger partial charge in [-0.2, -0.15) is 0 Å². The number of nitro groups is 1. The van der Waals surface area contributed by atoms with Crippen LogP contribution in [0.1, 0.15) is 13.3 Å². The summed E-state index contributed by atoms with van der Waals surface area (Å²) >= 11 is 0. The lowest BCUT2D eigenvalue weighted by Crippen LogP contribution is -2.19. The van der Waals surface area contributed by atoms with Crippen LogP contribution in [0, 0.1) is 10.1 Å². The minimum atomic E-state index is -0.561. The fourth-order valence-corrected chi connectivity index (χ4v) is 1.15. The number of nitrogens with two attached hydrogens (primary N) is 2. The number of rotatable bonds is 5. The Labute approximate surface area is 93.0 Å². The average molecular weight is 225 g/mol. The highest BCUT2D eigenvalue weighted by molar-refractivity contribution is 5.57. The fraction of sp³-hybridized carbons (Fsp3) is 0.444. The van der Waals surface area contributed by atoms with E-state index in [-0.39, 0.29) is 17.5 Å². The summed E-state index contributed by atoms with van der Waals surface area (Å²) in [6.45, 7) is 2.56. The maximum absolute atomic E-state index is 10.5. The molecule has 7 nitrogen and oxygen atoms in total. The van der Waals surface area contributed by atoms with Gasteiger partial charge in [-0.25, -0.2) is 4.98 Å². The van der Waals surface area contributed by atoms with Gasteiger partial charge in [0.25, 0.3) is 0 Å². The number of nitrogens with one attached hydrogen (secondary N) is 1. The molecule has 1 heterocycles. The van der Waals surface area contributed by atoms with Gasteiger partial charge in [0.15, 0.2) is 0 Å². The molecule has 5 N–H and O–H groups in total. The van der Waals surface area contributed by atoms with Crippen LogP contribution >= 0.6 is 0 Å². The molecule has 1 rings (SSSR count). The molecule has 1 aromatic heterocycles. The van der Waals surface area contributed by atoms with Gasteiger partial charge in [0, 0.05) is 18.7 Å². The number of anilines is 2. The Kier molecular flexibility index (Phi) is 4.01. The lowest BCUT2D eigenvalue weighted by Gasteiger charge is -2.07. The smallest absolute Gasteiger partial charge is 0.311 e. The van der Waals surface area contributed by atoms with E-state index >= 15 is 0 Å². The molecule has 88 valence electrons. The normalized spacial score (nSPS) is 12.1. The zero-order valence-electron chi connectivity index (χ0n) is 9.01. The van der Waals surface area contributed by atoms with Crippen molar-refractivity contribution in [2.75, 3.05) is 17.6 Å². The van der Waals surface area contributed by atoms with E-state index in [2.05, 4.69) is 10.3 Å². The zero-order chi connectivity index (χ0) is 12.1. The molecule has 0 aliphatic heterocycles. The second kappa shape index (κ2) is 5.26. The van der Waals surface area contributed by atoms with Crippen LogP contribution in [-0.2, 0) is 0 Å². The maximum atomic E-state index is 10.5. The highest BCUT2D eigenvalue weighted by atomic mass is 16.6. The van der Waals surface area contributed by atoms with E-state index in [1.165, 1.54) is 12.1 Å². The first-order valence-corrected chi connectivity index (χ1v) is 4.91. The van der Waals surface area contributed by atoms with Crippen LogP contribution in [-0.4, -0.2) is 22.5 Å². The van der Waals surface area contributed by atoms with Crippen molar-refractivity contribution in [3.63, 3.8) is 0 Å². The standard InChI is InChI=1S/C9H15N5O2/c1-6(10)4-5-12-8-3-2-7(14(15)16)9(11)13-8/h2-3,6H,4-5,10H2,1H3,(H3,11,12,13). The van der Waals surface area contributed by atoms with Crippen molar-refractivity contribution in [1.82, 2.24) is 4.98 Å². The summed E-state index contributed by atoms with van der Waals surface area (Å²) in [6.07, 6.45) is 0.790. The molecule has 0 aliphatic carbocycles. The van der Waals surface area contributed by atoms with Crippen LogP contribution in [0.3, 0.4) is 0 Å². The van der Waals surface area contributed by atoms with Crippen LogP contribution in [0.2, 0.25) is 0 Å². The Hall–Kier alpha value is -1.89. The van der Waals surface area contributed by atoms with Gasteiger partial charge in [-0.1, -0.05) is 0 Å². The lowest BCUT2D eigenvalue weighted by molar-refractivity contribution is -0.384. The first-order chi connectivity index (χ1) is 7.50. The van der Waals surface area contributed by atoms with E-state index in [1.54, 1.807) is 0 Å². The minimum absolute atomic E-state index is 0.0872. The molecule has 16 heavy (non-hydrogen) atoms. The summed E-state index contributed by atoms with van der Waals surface area (Å²) in [4.78, 5) is 13.8. The average Bonchev–Trinajstić information content (AvgIpc) is 2.16. The second-order valence-electron chi connectivity index (χ2n) is 3.55. The quantitative estimate of drug-likeness (QED) is 0.501. The topological polar surface area (TPSA) is 120 Å². The molecule has 1 unspecified atom stereocenters. The minimum Gasteiger partial charge on any atom is -0.378 e. The summed E-state index contributed by atoms with van der Waals surface area (Å²) in [6, 6.07) is 2.95. The Bertz CT molecular complexity index is 380. The zero-order valence-corrected chi connectivity index (χ0v) is 9.01. The monoisotopic (exact) mass is 225 g/mol. The Morgan fingerprint density at radius 2 is 2.31 bits per heavy atom. The van der Waals surface area contributed by atoms with Crippen molar-refractivity contribution < 1.29 is 4.92 Å². The molecule has 1 atom stereocenters. The van der Waals surface area contributed by atoms with E-state index in [9.17, 15) is 10.1 Å².